The zero-order valence-electron chi connectivity index (χ0n) is 17.1. The Kier molecular flexibility index (Phi) is 7.51. The van der Waals surface area contributed by atoms with Gasteiger partial charge in [0.1, 0.15) is 5.75 Å². The highest BCUT2D eigenvalue weighted by Crippen LogP contribution is 2.24. The molecule has 1 amide bonds. The maximum atomic E-state index is 13.7. The molecule has 0 saturated heterocycles. The average molecular weight is 408 g/mol. The number of carbonyl (C=O) groups is 1. The Morgan fingerprint density at radius 1 is 1.10 bits per heavy atom. The van der Waals surface area contributed by atoms with Gasteiger partial charge in [-0.2, -0.15) is 0 Å². The largest absolute Gasteiger partial charge is 0.454 e. The molecule has 156 valence electrons. The second-order valence-corrected chi connectivity index (χ2v) is 6.87. The number of aromatic nitrogens is 1. The molecule has 0 fully saturated rings. The van der Waals surface area contributed by atoms with Crippen molar-refractivity contribution in [3.8, 4) is 11.5 Å². The fraction of sp³-hybridized carbons (Fsp3) is 0.250. The van der Waals surface area contributed by atoms with E-state index in [-0.39, 0.29) is 17.8 Å². The monoisotopic (exact) mass is 408 g/mol. The van der Waals surface area contributed by atoms with Crippen molar-refractivity contribution < 1.29 is 18.7 Å². The van der Waals surface area contributed by atoms with Gasteiger partial charge in [-0.1, -0.05) is 24.3 Å². The van der Waals surface area contributed by atoms with Crippen LogP contribution in [0.1, 0.15) is 35.5 Å². The van der Waals surface area contributed by atoms with E-state index in [1.165, 1.54) is 6.07 Å². The quantitative estimate of drug-likeness (QED) is 0.546. The topological polar surface area (TPSA) is 60.5 Å². The number of pyridine rings is 1. The van der Waals surface area contributed by atoms with Gasteiger partial charge < -0.3 is 14.8 Å². The van der Waals surface area contributed by atoms with Gasteiger partial charge in [-0.05, 0) is 55.8 Å². The van der Waals surface area contributed by atoms with Crippen LogP contribution in [0.25, 0.3) is 0 Å². The van der Waals surface area contributed by atoms with E-state index in [2.05, 4.69) is 10.3 Å². The summed E-state index contributed by atoms with van der Waals surface area (Å²) in [6.45, 7) is 4.99. The highest BCUT2D eigenvalue weighted by Gasteiger charge is 2.09. The number of para-hydroxylation sites is 1. The lowest BCUT2D eigenvalue weighted by molar-refractivity contribution is 0.0761. The lowest BCUT2D eigenvalue weighted by atomic mass is 10.1. The Morgan fingerprint density at radius 3 is 2.53 bits per heavy atom. The molecule has 0 radical (unpaired) electrons. The molecule has 30 heavy (non-hydrogen) atoms. The summed E-state index contributed by atoms with van der Waals surface area (Å²) in [7, 11) is 0. The summed E-state index contributed by atoms with van der Waals surface area (Å²) in [6.07, 6.45) is 2.37. The summed E-state index contributed by atoms with van der Waals surface area (Å²) in [5.74, 6) is 0.0841. The number of halogens is 1. The molecule has 3 rings (SSSR count). The molecule has 6 heteroatoms. The molecule has 1 unspecified atom stereocenters. The maximum absolute atomic E-state index is 13.7. The van der Waals surface area contributed by atoms with Gasteiger partial charge in [0, 0.05) is 31.5 Å². The fourth-order valence-electron chi connectivity index (χ4n) is 2.93. The normalized spacial score (nSPS) is 11.7. The van der Waals surface area contributed by atoms with Crippen LogP contribution < -0.4 is 10.1 Å². The van der Waals surface area contributed by atoms with Gasteiger partial charge in [0.25, 0.3) is 5.91 Å². The van der Waals surface area contributed by atoms with E-state index in [0.29, 0.717) is 30.9 Å². The number of carbonyl (C=O) groups excluding carboxylic acids is 1. The standard InChI is InChI=1S/C24H25FN2O3/c1-3-29-17(2)14-20-11-10-19(16-26-20)24(28)27-15-18-8-12-21(13-9-18)30-23-7-5-4-6-22(23)25/h4-13,16-17H,3,14-15H2,1-2H3,(H,27,28). The second kappa shape index (κ2) is 10.5. The summed E-state index contributed by atoms with van der Waals surface area (Å²) in [5, 5.41) is 2.87. The third kappa shape index (κ3) is 6.12. The van der Waals surface area contributed by atoms with Gasteiger partial charge in [-0.25, -0.2) is 4.39 Å². The molecule has 1 atom stereocenters. The number of nitrogens with zero attached hydrogens (tertiary/aromatic N) is 1. The van der Waals surface area contributed by atoms with Crippen molar-refractivity contribution in [2.45, 2.75) is 32.9 Å². The van der Waals surface area contributed by atoms with Crippen LogP contribution in [0.5, 0.6) is 11.5 Å². The van der Waals surface area contributed by atoms with E-state index in [4.69, 9.17) is 9.47 Å². The molecule has 1 heterocycles. The summed E-state index contributed by atoms with van der Waals surface area (Å²) in [5.41, 5.74) is 2.29. The summed E-state index contributed by atoms with van der Waals surface area (Å²) < 4.78 is 24.7. The predicted octanol–water partition coefficient (Wildman–Crippen LogP) is 4.91. The van der Waals surface area contributed by atoms with Gasteiger partial charge in [0.15, 0.2) is 11.6 Å². The number of benzene rings is 2. The number of amides is 1. The van der Waals surface area contributed by atoms with E-state index in [9.17, 15) is 9.18 Å². The Bertz CT molecular complexity index is 959. The van der Waals surface area contributed by atoms with E-state index >= 15 is 0 Å². The third-order valence-electron chi connectivity index (χ3n) is 4.48. The lowest BCUT2D eigenvalue weighted by Gasteiger charge is -2.11. The first-order chi connectivity index (χ1) is 14.5. The molecule has 2 aromatic carbocycles. The molecular formula is C24H25FN2O3. The summed E-state index contributed by atoms with van der Waals surface area (Å²) in [6, 6.07) is 17.0. The van der Waals surface area contributed by atoms with Crippen molar-refractivity contribution in [3.05, 3.63) is 89.5 Å². The van der Waals surface area contributed by atoms with E-state index < -0.39 is 5.82 Å². The molecule has 0 aliphatic carbocycles. The highest BCUT2D eigenvalue weighted by molar-refractivity contribution is 5.93. The van der Waals surface area contributed by atoms with E-state index in [1.807, 2.05) is 32.0 Å². The van der Waals surface area contributed by atoms with Crippen LogP contribution in [0.4, 0.5) is 4.39 Å². The second-order valence-electron chi connectivity index (χ2n) is 6.87. The zero-order valence-corrected chi connectivity index (χ0v) is 17.1. The van der Waals surface area contributed by atoms with Crippen LogP contribution in [0, 0.1) is 5.82 Å². The van der Waals surface area contributed by atoms with Gasteiger partial charge in [-0.3, -0.25) is 9.78 Å². The third-order valence-corrected chi connectivity index (χ3v) is 4.48. The molecule has 0 aliphatic heterocycles. The molecule has 0 spiro atoms. The van der Waals surface area contributed by atoms with Gasteiger partial charge in [-0.15, -0.1) is 0 Å². The molecule has 1 aromatic heterocycles. The van der Waals surface area contributed by atoms with Crippen LogP contribution in [-0.4, -0.2) is 23.6 Å². The van der Waals surface area contributed by atoms with Gasteiger partial charge in [0.05, 0.1) is 11.7 Å². The molecule has 1 N–H and O–H groups in total. The van der Waals surface area contributed by atoms with Crippen LogP contribution in [0.3, 0.4) is 0 Å². The van der Waals surface area contributed by atoms with Crippen molar-refractivity contribution in [1.29, 1.82) is 0 Å². The van der Waals surface area contributed by atoms with E-state index in [1.54, 1.807) is 42.6 Å². The summed E-state index contributed by atoms with van der Waals surface area (Å²) >= 11 is 0. The lowest BCUT2D eigenvalue weighted by Crippen LogP contribution is -2.23. The molecular weight excluding hydrogens is 383 g/mol. The Hall–Kier alpha value is -3.25. The number of ether oxygens (including phenoxy) is 2. The van der Waals surface area contributed by atoms with Crippen molar-refractivity contribution in [3.63, 3.8) is 0 Å². The van der Waals surface area contributed by atoms with Crippen molar-refractivity contribution in [1.82, 2.24) is 10.3 Å². The van der Waals surface area contributed by atoms with Gasteiger partial charge in [0.2, 0.25) is 0 Å². The fourth-order valence-corrected chi connectivity index (χ4v) is 2.93. The molecule has 0 bridgehead atoms. The molecule has 3 aromatic rings. The zero-order chi connectivity index (χ0) is 21.3. The number of rotatable bonds is 9. The Balaban J connectivity index is 1.51. The van der Waals surface area contributed by atoms with Crippen LogP contribution in [0.15, 0.2) is 66.9 Å². The molecule has 0 saturated carbocycles. The number of hydrogen-bond donors (Lipinski definition) is 1. The van der Waals surface area contributed by atoms with Crippen molar-refractivity contribution in [2.75, 3.05) is 6.61 Å². The first kappa shape index (κ1) is 21.5. The minimum atomic E-state index is -0.416. The molecule has 0 aliphatic rings. The van der Waals surface area contributed by atoms with E-state index in [0.717, 1.165) is 11.3 Å². The first-order valence-electron chi connectivity index (χ1n) is 9.91. The SMILES string of the molecule is CCOC(C)Cc1ccc(C(=O)NCc2ccc(Oc3ccccc3F)cc2)cn1. The molecule has 5 nitrogen and oxygen atoms in total. The van der Waals surface area contributed by atoms with Crippen LogP contribution >= 0.6 is 0 Å². The van der Waals surface area contributed by atoms with Crippen molar-refractivity contribution in [2.24, 2.45) is 0 Å². The Morgan fingerprint density at radius 2 is 1.87 bits per heavy atom. The van der Waals surface area contributed by atoms with Crippen LogP contribution in [-0.2, 0) is 17.7 Å². The summed E-state index contributed by atoms with van der Waals surface area (Å²) in [4.78, 5) is 16.7. The Labute approximate surface area is 175 Å². The minimum absolute atomic E-state index is 0.0903. The highest BCUT2D eigenvalue weighted by atomic mass is 19.1. The first-order valence-corrected chi connectivity index (χ1v) is 9.91. The van der Waals surface area contributed by atoms with Crippen LogP contribution in [0.2, 0.25) is 0 Å². The average Bonchev–Trinajstić information content (AvgIpc) is 2.75. The predicted molar refractivity (Wildman–Crippen MR) is 113 cm³/mol. The minimum Gasteiger partial charge on any atom is -0.454 e. The van der Waals surface area contributed by atoms with Crippen molar-refractivity contribution >= 4 is 5.91 Å². The number of nitrogens with one attached hydrogen (secondary N) is 1. The van der Waals surface area contributed by atoms with Gasteiger partial charge >= 0.3 is 0 Å². The smallest absolute Gasteiger partial charge is 0.253 e. The maximum Gasteiger partial charge on any atom is 0.253 e. The number of hydrogen-bond acceptors (Lipinski definition) is 4.